The summed E-state index contributed by atoms with van der Waals surface area (Å²) in [5.74, 6) is 0.304. The largest absolute Gasteiger partial charge is 0.354 e. The lowest BCUT2D eigenvalue weighted by atomic mass is 10.2. The topological polar surface area (TPSA) is 101 Å². The number of aryl methyl sites for hydroxylation is 1. The summed E-state index contributed by atoms with van der Waals surface area (Å²) in [4.78, 5) is 13.0. The van der Waals surface area contributed by atoms with Gasteiger partial charge in [-0.3, -0.25) is 4.79 Å². The summed E-state index contributed by atoms with van der Waals surface area (Å²) in [5.41, 5.74) is 1.91. The Morgan fingerprint density at radius 1 is 1.20 bits per heavy atom. The first-order chi connectivity index (χ1) is 14.4. The van der Waals surface area contributed by atoms with E-state index in [0.29, 0.717) is 36.5 Å². The van der Waals surface area contributed by atoms with Crippen molar-refractivity contribution in [3.05, 3.63) is 63.7 Å². The predicted molar refractivity (Wildman–Crippen MR) is 119 cm³/mol. The van der Waals surface area contributed by atoms with Crippen LogP contribution in [0.5, 0.6) is 0 Å². The van der Waals surface area contributed by atoms with Crippen molar-refractivity contribution in [2.75, 3.05) is 11.9 Å². The van der Waals surface area contributed by atoms with Crippen LogP contribution in [0.1, 0.15) is 35.2 Å². The molecule has 0 saturated heterocycles. The molecule has 2 N–H and O–H groups in total. The number of sulfonamides is 1. The van der Waals surface area contributed by atoms with E-state index < -0.39 is 10.0 Å². The van der Waals surface area contributed by atoms with Gasteiger partial charge in [0.15, 0.2) is 5.76 Å². The van der Waals surface area contributed by atoms with Crippen molar-refractivity contribution in [3.63, 3.8) is 0 Å². The number of thiophene rings is 1. The number of benzene rings is 1. The Bertz CT molecular complexity index is 1120. The van der Waals surface area contributed by atoms with E-state index >= 15 is 0 Å². The van der Waals surface area contributed by atoms with E-state index in [1.54, 1.807) is 61.6 Å². The monoisotopic (exact) mass is 445 g/mol. The van der Waals surface area contributed by atoms with Crippen LogP contribution >= 0.6 is 11.3 Å². The van der Waals surface area contributed by atoms with Crippen molar-refractivity contribution in [2.45, 2.75) is 31.6 Å². The van der Waals surface area contributed by atoms with Crippen LogP contribution in [0.3, 0.4) is 0 Å². The highest BCUT2D eigenvalue weighted by Crippen LogP contribution is 2.23. The van der Waals surface area contributed by atoms with Gasteiger partial charge in [-0.05, 0) is 48.6 Å². The summed E-state index contributed by atoms with van der Waals surface area (Å²) in [6.45, 7) is 3.86. The minimum Gasteiger partial charge on any atom is -0.354 e. The van der Waals surface area contributed by atoms with E-state index in [1.807, 2.05) is 17.5 Å². The van der Waals surface area contributed by atoms with Gasteiger partial charge in [-0.15, -0.1) is 11.3 Å². The number of aromatic nitrogens is 1. The Hall–Kier alpha value is -2.75. The molecule has 0 aliphatic rings. The highest BCUT2D eigenvalue weighted by atomic mass is 32.2. The van der Waals surface area contributed by atoms with Crippen molar-refractivity contribution in [1.29, 1.82) is 0 Å². The quantitative estimate of drug-likeness (QED) is 0.517. The molecule has 7 nitrogen and oxygen atoms in total. The molecule has 158 valence electrons. The fourth-order valence-corrected chi connectivity index (χ4v) is 4.40. The summed E-state index contributed by atoms with van der Waals surface area (Å²) >= 11 is 1.60. The van der Waals surface area contributed by atoms with Crippen molar-refractivity contribution < 1.29 is 17.7 Å². The molecule has 2 heterocycles. The van der Waals surface area contributed by atoms with Gasteiger partial charge in [-0.2, -0.15) is 0 Å². The third-order valence-electron chi connectivity index (χ3n) is 4.34. The number of carbonyl (C=O) groups is 1. The van der Waals surface area contributed by atoms with Crippen LogP contribution in [0.4, 0.5) is 5.69 Å². The van der Waals surface area contributed by atoms with Crippen LogP contribution in [-0.4, -0.2) is 26.0 Å². The van der Waals surface area contributed by atoms with Gasteiger partial charge in [0.05, 0.1) is 4.90 Å². The zero-order valence-corrected chi connectivity index (χ0v) is 18.3. The average molecular weight is 446 g/mol. The van der Waals surface area contributed by atoms with Crippen LogP contribution in [0.2, 0.25) is 0 Å². The van der Waals surface area contributed by atoms with E-state index in [9.17, 15) is 13.2 Å². The molecule has 1 amide bonds. The maximum absolute atomic E-state index is 12.4. The highest BCUT2D eigenvalue weighted by molar-refractivity contribution is 7.89. The molecule has 0 atom stereocenters. The fraction of sp³-hybridized carbons (Fsp3) is 0.238. The summed E-state index contributed by atoms with van der Waals surface area (Å²) in [6, 6.07) is 10.4. The maximum Gasteiger partial charge on any atom is 0.240 e. The number of rotatable bonds is 9. The van der Waals surface area contributed by atoms with E-state index in [0.717, 1.165) is 10.4 Å². The van der Waals surface area contributed by atoms with E-state index in [4.69, 9.17) is 4.52 Å². The molecule has 0 saturated carbocycles. The van der Waals surface area contributed by atoms with Crippen LogP contribution in [-0.2, 0) is 21.2 Å². The van der Waals surface area contributed by atoms with Crippen molar-refractivity contribution in [2.24, 2.45) is 0 Å². The molecule has 0 fully saturated rings. The van der Waals surface area contributed by atoms with Crippen LogP contribution in [0.25, 0.3) is 12.2 Å². The molecule has 0 aliphatic heterocycles. The smallest absolute Gasteiger partial charge is 0.240 e. The molecule has 2 aromatic heterocycles. The number of hydrogen-bond acceptors (Lipinski definition) is 6. The van der Waals surface area contributed by atoms with Crippen LogP contribution in [0.15, 0.2) is 51.2 Å². The Morgan fingerprint density at radius 2 is 1.97 bits per heavy atom. The summed E-state index contributed by atoms with van der Waals surface area (Å²) in [6.07, 6.45) is 4.46. The minimum atomic E-state index is -3.56. The van der Waals surface area contributed by atoms with Gasteiger partial charge in [-0.1, -0.05) is 36.4 Å². The molecule has 0 bridgehead atoms. The van der Waals surface area contributed by atoms with E-state index in [1.165, 1.54) is 0 Å². The molecular formula is C21H23N3O4S2. The lowest BCUT2D eigenvalue weighted by Crippen LogP contribution is -2.25. The standard InChI is InChI=1S/C21H23N3O4S2/c1-3-20(25)23-21-15(2)24-28-19(21)11-8-16-6-9-18(10-7-16)30(26,27)22-13-12-17-5-4-14-29-17/h4-11,14,22H,3,12-13H2,1-2H3,(H,23,25)/b11-8-. The first kappa shape index (κ1) is 21.9. The molecular weight excluding hydrogens is 422 g/mol. The molecule has 0 spiro atoms. The molecule has 0 unspecified atom stereocenters. The molecule has 30 heavy (non-hydrogen) atoms. The third-order valence-corrected chi connectivity index (χ3v) is 6.75. The normalized spacial score (nSPS) is 11.8. The van der Waals surface area contributed by atoms with Gasteiger partial charge >= 0.3 is 0 Å². The molecule has 0 radical (unpaired) electrons. The maximum atomic E-state index is 12.4. The second-order valence-electron chi connectivity index (χ2n) is 6.54. The van der Waals surface area contributed by atoms with Gasteiger partial charge < -0.3 is 9.84 Å². The Morgan fingerprint density at radius 3 is 2.63 bits per heavy atom. The second kappa shape index (κ2) is 9.84. The predicted octanol–water partition coefficient (Wildman–Crippen LogP) is 4.08. The SMILES string of the molecule is CCC(=O)Nc1c(C)noc1/C=C\c1ccc(S(=O)(=O)NCCc2cccs2)cc1. The van der Waals surface area contributed by atoms with Crippen molar-refractivity contribution in [1.82, 2.24) is 9.88 Å². The molecule has 3 aromatic rings. The van der Waals surface area contributed by atoms with Gasteiger partial charge in [0.2, 0.25) is 15.9 Å². The molecule has 3 rings (SSSR count). The molecule has 1 aromatic carbocycles. The number of amides is 1. The van der Waals surface area contributed by atoms with Gasteiger partial charge in [-0.25, -0.2) is 13.1 Å². The summed E-state index contributed by atoms with van der Waals surface area (Å²) in [7, 11) is -3.56. The molecule has 0 aliphatic carbocycles. The summed E-state index contributed by atoms with van der Waals surface area (Å²) in [5, 5.41) is 8.62. The fourth-order valence-electron chi connectivity index (χ4n) is 2.66. The lowest BCUT2D eigenvalue weighted by molar-refractivity contribution is -0.115. The van der Waals surface area contributed by atoms with Crippen LogP contribution in [0, 0.1) is 6.92 Å². The van der Waals surface area contributed by atoms with E-state index in [2.05, 4.69) is 15.2 Å². The zero-order valence-electron chi connectivity index (χ0n) is 16.7. The number of nitrogens with one attached hydrogen (secondary N) is 2. The second-order valence-corrected chi connectivity index (χ2v) is 9.34. The number of anilines is 1. The Kier molecular flexibility index (Phi) is 7.20. The first-order valence-corrected chi connectivity index (χ1v) is 11.8. The number of hydrogen-bond donors (Lipinski definition) is 2. The van der Waals surface area contributed by atoms with Crippen molar-refractivity contribution in [3.8, 4) is 0 Å². The minimum absolute atomic E-state index is 0.128. The summed E-state index contributed by atoms with van der Waals surface area (Å²) < 4.78 is 32.8. The van der Waals surface area contributed by atoms with Gasteiger partial charge in [0.1, 0.15) is 11.4 Å². The Labute approximate surface area is 179 Å². The third kappa shape index (κ3) is 5.65. The Balaban J connectivity index is 1.65. The van der Waals surface area contributed by atoms with Gasteiger partial charge in [0.25, 0.3) is 0 Å². The van der Waals surface area contributed by atoms with E-state index in [-0.39, 0.29) is 10.8 Å². The zero-order chi connectivity index (χ0) is 21.6. The lowest BCUT2D eigenvalue weighted by Gasteiger charge is -2.06. The molecule has 9 heteroatoms. The number of carbonyl (C=O) groups excluding carboxylic acids is 1. The first-order valence-electron chi connectivity index (χ1n) is 9.45. The van der Waals surface area contributed by atoms with Crippen LogP contribution < -0.4 is 10.0 Å². The van der Waals surface area contributed by atoms with Crippen molar-refractivity contribution >= 4 is 45.1 Å². The average Bonchev–Trinajstić information content (AvgIpc) is 3.37. The number of nitrogens with zero attached hydrogens (tertiary/aromatic N) is 1. The van der Waals surface area contributed by atoms with Gasteiger partial charge in [0, 0.05) is 17.8 Å². The highest BCUT2D eigenvalue weighted by Gasteiger charge is 2.14.